The summed E-state index contributed by atoms with van der Waals surface area (Å²) in [5.41, 5.74) is 5.64. The number of halogens is 1. The Morgan fingerprint density at radius 1 is 1.64 bits per heavy atom. The third kappa shape index (κ3) is 3.23. The van der Waals surface area contributed by atoms with Crippen molar-refractivity contribution in [1.82, 2.24) is 9.97 Å². The van der Waals surface area contributed by atoms with Gasteiger partial charge in [-0.05, 0) is 22.4 Å². The maximum atomic E-state index is 5.64. The SMILES string of the molecule is CCCC(CN)Nc1ncncc1Br. The van der Waals surface area contributed by atoms with Gasteiger partial charge in [-0.2, -0.15) is 0 Å². The number of anilines is 1. The molecule has 1 aromatic rings. The molecule has 0 bridgehead atoms. The molecule has 0 radical (unpaired) electrons. The molecule has 0 aromatic carbocycles. The standard InChI is InChI=1S/C9H15BrN4/c1-2-3-7(4-11)14-9-8(10)5-12-6-13-9/h5-7H,2-4,11H2,1H3,(H,12,13,14). The van der Waals surface area contributed by atoms with Crippen molar-refractivity contribution in [3.05, 3.63) is 17.0 Å². The third-order valence-electron chi connectivity index (χ3n) is 1.93. The molecule has 1 atom stereocenters. The van der Waals surface area contributed by atoms with E-state index in [2.05, 4.69) is 38.1 Å². The van der Waals surface area contributed by atoms with Gasteiger partial charge < -0.3 is 11.1 Å². The van der Waals surface area contributed by atoms with Crippen LogP contribution in [0.5, 0.6) is 0 Å². The lowest BCUT2D eigenvalue weighted by atomic mass is 10.2. The van der Waals surface area contributed by atoms with Gasteiger partial charge >= 0.3 is 0 Å². The van der Waals surface area contributed by atoms with Crippen molar-refractivity contribution >= 4 is 21.7 Å². The molecule has 1 unspecified atom stereocenters. The molecule has 0 spiro atoms. The number of nitrogens with one attached hydrogen (secondary N) is 1. The Morgan fingerprint density at radius 3 is 3.00 bits per heavy atom. The summed E-state index contributed by atoms with van der Waals surface area (Å²) in [5, 5.41) is 3.27. The van der Waals surface area contributed by atoms with Crippen LogP contribution in [0.4, 0.5) is 5.82 Å². The van der Waals surface area contributed by atoms with Crippen LogP contribution < -0.4 is 11.1 Å². The third-order valence-corrected chi connectivity index (χ3v) is 2.51. The van der Waals surface area contributed by atoms with E-state index in [0.717, 1.165) is 23.1 Å². The van der Waals surface area contributed by atoms with Gasteiger partial charge in [0.1, 0.15) is 12.1 Å². The molecule has 78 valence electrons. The predicted molar refractivity (Wildman–Crippen MR) is 61.1 cm³/mol. The van der Waals surface area contributed by atoms with Crippen molar-refractivity contribution in [1.29, 1.82) is 0 Å². The van der Waals surface area contributed by atoms with Crippen LogP contribution in [-0.4, -0.2) is 22.6 Å². The van der Waals surface area contributed by atoms with Crippen LogP contribution in [0.3, 0.4) is 0 Å². The average Bonchev–Trinajstić information content (AvgIpc) is 2.20. The van der Waals surface area contributed by atoms with E-state index >= 15 is 0 Å². The fourth-order valence-corrected chi connectivity index (χ4v) is 1.54. The quantitative estimate of drug-likeness (QED) is 0.846. The first kappa shape index (κ1) is 11.4. The molecule has 3 N–H and O–H groups in total. The Hall–Kier alpha value is -0.680. The van der Waals surface area contributed by atoms with Crippen LogP contribution in [0.15, 0.2) is 17.0 Å². The summed E-state index contributed by atoms with van der Waals surface area (Å²) < 4.78 is 0.870. The van der Waals surface area contributed by atoms with Gasteiger partial charge in [-0.3, -0.25) is 0 Å². The van der Waals surface area contributed by atoms with Gasteiger partial charge in [-0.1, -0.05) is 13.3 Å². The van der Waals surface area contributed by atoms with Crippen molar-refractivity contribution in [2.24, 2.45) is 5.73 Å². The van der Waals surface area contributed by atoms with E-state index in [1.54, 1.807) is 6.20 Å². The molecule has 4 nitrogen and oxygen atoms in total. The highest BCUT2D eigenvalue weighted by molar-refractivity contribution is 9.10. The zero-order valence-electron chi connectivity index (χ0n) is 8.20. The van der Waals surface area contributed by atoms with Crippen molar-refractivity contribution in [2.75, 3.05) is 11.9 Å². The fourth-order valence-electron chi connectivity index (χ4n) is 1.21. The van der Waals surface area contributed by atoms with Crippen molar-refractivity contribution in [3.63, 3.8) is 0 Å². The molecule has 0 saturated carbocycles. The number of nitrogens with two attached hydrogens (primary N) is 1. The monoisotopic (exact) mass is 258 g/mol. The van der Waals surface area contributed by atoms with Crippen LogP contribution in [0.2, 0.25) is 0 Å². The van der Waals surface area contributed by atoms with Gasteiger partial charge in [-0.15, -0.1) is 0 Å². The number of aromatic nitrogens is 2. The maximum absolute atomic E-state index is 5.64. The molecule has 1 rings (SSSR count). The van der Waals surface area contributed by atoms with Crippen molar-refractivity contribution in [3.8, 4) is 0 Å². The minimum Gasteiger partial charge on any atom is -0.365 e. The first-order valence-electron chi connectivity index (χ1n) is 4.70. The molecule has 0 aliphatic rings. The summed E-state index contributed by atoms with van der Waals surface area (Å²) in [4.78, 5) is 8.02. The lowest BCUT2D eigenvalue weighted by molar-refractivity contribution is 0.645. The van der Waals surface area contributed by atoms with E-state index in [1.807, 2.05) is 0 Å². The summed E-state index contributed by atoms with van der Waals surface area (Å²) in [6, 6.07) is 0.284. The molecule has 5 heteroatoms. The Kier molecular flexibility index (Phi) is 4.82. The maximum Gasteiger partial charge on any atom is 0.143 e. The number of hydrogen-bond acceptors (Lipinski definition) is 4. The van der Waals surface area contributed by atoms with E-state index in [9.17, 15) is 0 Å². The van der Waals surface area contributed by atoms with E-state index in [1.165, 1.54) is 6.33 Å². The number of nitrogens with zero attached hydrogens (tertiary/aromatic N) is 2. The van der Waals surface area contributed by atoms with Gasteiger partial charge in [0.25, 0.3) is 0 Å². The largest absolute Gasteiger partial charge is 0.365 e. The van der Waals surface area contributed by atoms with E-state index in [-0.39, 0.29) is 6.04 Å². The highest BCUT2D eigenvalue weighted by atomic mass is 79.9. The second-order valence-electron chi connectivity index (χ2n) is 3.08. The average molecular weight is 259 g/mol. The van der Waals surface area contributed by atoms with Crippen molar-refractivity contribution in [2.45, 2.75) is 25.8 Å². The Labute approximate surface area is 92.5 Å². The summed E-state index contributed by atoms with van der Waals surface area (Å²) in [6.45, 7) is 2.75. The lowest BCUT2D eigenvalue weighted by Gasteiger charge is -2.16. The van der Waals surface area contributed by atoms with Crippen LogP contribution >= 0.6 is 15.9 Å². The van der Waals surface area contributed by atoms with Gasteiger partial charge in [0.15, 0.2) is 0 Å². The predicted octanol–water partition coefficient (Wildman–Crippen LogP) is 1.78. The molecule has 1 heterocycles. The molecule has 0 amide bonds. The zero-order valence-corrected chi connectivity index (χ0v) is 9.79. The molecule has 1 aromatic heterocycles. The van der Waals surface area contributed by atoms with Crippen LogP contribution in [0.1, 0.15) is 19.8 Å². The second kappa shape index (κ2) is 5.93. The smallest absolute Gasteiger partial charge is 0.143 e. The van der Waals surface area contributed by atoms with E-state index in [4.69, 9.17) is 5.73 Å². The summed E-state index contributed by atoms with van der Waals surface area (Å²) in [7, 11) is 0. The zero-order chi connectivity index (χ0) is 10.4. The molecular weight excluding hydrogens is 244 g/mol. The van der Waals surface area contributed by atoms with E-state index < -0.39 is 0 Å². The van der Waals surface area contributed by atoms with Gasteiger partial charge in [0.05, 0.1) is 4.47 Å². The van der Waals surface area contributed by atoms with E-state index in [0.29, 0.717) is 6.54 Å². The van der Waals surface area contributed by atoms with Gasteiger partial charge in [0, 0.05) is 18.8 Å². The minimum absolute atomic E-state index is 0.284. The minimum atomic E-state index is 0.284. The van der Waals surface area contributed by atoms with Crippen LogP contribution in [-0.2, 0) is 0 Å². The highest BCUT2D eigenvalue weighted by Gasteiger charge is 2.07. The van der Waals surface area contributed by atoms with Crippen molar-refractivity contribution < 1.29 is 0 Å². The number of hydrogen-bond donors (Lipinski definition) is 2. The first-order chi connectivity index (χ1) is 6.77. The highest BCUT2D eigenvalue weighted by Crippen LogP contribution is 2.18. The number of rotatable bonds is 5. The van der Waals surface area contributed by atoms with Gasteiger partial charge in [0.2, 0.25) is 0 Å². The Morgan fingerprint density at radius 2 is 2.43 bits per heavy atom. The summed E-state index contributed by atoms with van der Waals surface area (Å²) in [6.07, 6.45) is 5.39. The summed E-state index contributed by atoms with van der Waals surface area (Å²) >= 11 is 3.38. The molecular formula is C9H15BrN4. The topological polar surface area (TPSA) is 63.8 Å². The summed E-state index contributed by atoms with van der Waals surface area (Å²) in [5.74, 6) is 0.809. The molecule has 0 saturated heterocycles. The van der Waals surface area contributed by atoms with Crippen LogP contribution in [0, 0.1) is 0 Å². The lowest BCUT2D eigenvalue weighted by Crippen LogP contribution is -2.29. The molecule has 0 aliphatic heterocycles. The normalized spacial score (nSPS) is 12.5. The second-order valence-corrected chi connectivity index (χ2v) is 3.94. The molecule has 0 aliphatic carbocycles. The molecule has 14 heavy (non-hydrogen) atoms. The van der Waals surface area contributed by atoms with Crippen LogP contribution in [0.25, 0.3) is 0 Å². The molecule has 0 fully saturated rings. The Balaban J connectivity index is 2.62. The first-order valence-corrected chi connectivity index (χ1v) is 5.49. The fraction of sp³-hybridized carbons (Fsp3) is 0.556. The Bertz CT molecular complexity index is 279. The van der Waals surface area contributed by atoms with Gasteiger partial charge in [-0.25, -0.2) is 9.97 Å².